The summed E-state index contributed by atoms with van der Waals surface area (Å²) in [5.41, 5.74) is 0. The third kappa shape index (κ3) is 30.3. The Balaban J connectivity index is 4.06. The van der Waals surface area contributed by atoms with Crippen LogP contribution in [-0.4, -0.2) is 23.9 Å². The highest BCUT2D eigenvalue weighted by molar-refractivity contribution is 5.76. The molecule has 0 saturated heterocycles. The monoisotopic (exact) mass is 550 g/mol. The summed E-state index contributed by atoms with van der Waals surface area (Å²) in [4.78, 5) is 15.3. The quantitative estimate of drug-likeness (QED) is 0.0745. The van der Waals surface area contributed by atoms with Crippen molar-refractivity contribution in [1.29, 1.82) is 0 Å². The second-order valence-electron chi connectivity index (χ2n) is 12.7. The van der Waals surface area contributed by atoms with E-state index in [9.17, 15) is 4.79 Å². The molecule has 234 valence electrons. The van der Waals surface area contributed by atoms with Gasteiger partial charge in [0.1, 0.15) is 0 Å². The van der Waals surface area contributed by atoms with Gasteiger partial charge in [-0.05, 0) is 19.3 Å². The van der Waals surface area contributed by atoms with E-state index in [4.69, 9.17) is 0 Å². The number of rotatable bonds is 33. The lowest BCUT2D eigenvalue weighted by Crippen LogP contribution is -2.32. The third-order valence-corrected chi connectivity index (χ3v) is 8.66. The molecule has 0 spiro atoms. The Morgan fingerprint density at radius 1 is 0.333 bits per heavy atom. The van der Waals surface area contributed by atoms with E-state index in [1.54, 1.807) is 0 Å². The van der Waals surface area contributed by atoms with Crippen molar-refractivity contribution in [3.05, 3.63) is 0 Å². The normalized spacial score (nSPS) is 11.4. The summed E-state index contributed by atoms with van der Waals surface area (Å²) in [6, 6.07) is 0. The fourth-order valence-electron chi connectivity index (χ4n) is 5.86. The fourth-order valence-corrected chi connectivity index (χ4v) is 5.86. The number of nitrogens with zero attached hydrogens (tertiary/aromatic N) is 1. The molecule has 0 aliphatic rings. The number of hydrogen-bond acceptors (Lipinski definition) is 1. The van der Waals surface area contributed by atoms with E-state index in [0.29, 0.717) is 5.91 Å². The van der Waals surface area contributed by atoms with Crippen LogP contribution in [-0.2, 0) is 4.79 Å². The Morgan fingerprint density at radius 3 is 0.846 bits per heavy atom. The smallest absolute Gasteiger partial charge is 0.222 e. The van der Waals surface area contributed by atoms with Crippen molar-refractivity contribution in [3.8, 4) is 0 Å². The van der Waals surface area contributed by atoms with Crippen LogP contribution in [0, 0.1) is 0 Å². The van der Waals surface area contributed by atoms with Gasteiger partial charge >= 0.3 is 0 Å². The summed E-state index contributed by atoms with van der Waals surface area (Å²) >= 11 is 0. The van der Waals surface area contributed by atoms with Crippen molar-refractivity contribution in [2.24, 2.45) is 0 Å². The molecule has 1 amide bonds. The highest BCUT2D eigenvalue weighted by Crippen LogP contribution is 2.15. The first-order chi connectivity index (χ1) is 19.3. The van der Waals surface area contributed by atoms with Crippen molar-refractivity contribution >= 4 is 5.91 Å². The molecule has 0 aliphatic carbocycles. The molecule has 39 heavy (non-hydrogen) atoms. The summed E-state index contributed by atoms with van der Waals surface area (Å²) in [6.45, 7) is 8.88. The van der Waals surface area contributed by atoms with Crippen LogP contribution in [0.4, 0.5) is 0 Å². The van der Waals surface area contributed by atoms with Crippen LogP contribution in [0.15, 0.2) is 0 Å². The zero-order valence-electron chi connectivity index (χ0n) is 27.7. The molecule has 0 aliphatic heterocycles. The molecule has 2 nitrogen and oxygen atoms in total. The van der Waals surface area contributed by atoms with Gasteiger partial charge in [-0.15, -0.1) is 0 Å². The van der Waals surface area contributed by atoms with Crippen molar-refractivity contribution in [2.45, 2.75) is 220 Å². The van der Waals surface area contributed by atoms with E-state index < -0.39 is 0 Å². The predicted octanol–water partition coefficient (Wildman–Crippen LogP) is 13.0. The average Bonchev–Trinajstić information content (AvgIpc) is 2.94. The van der Waals surface area contributed by atoms with Gasteiger partial charge in [0.15, 0.2) is 0 Å². The molecule has 0 aromatic heterocycles. The molecule has 0 aromatic carbocycles. The van der Waals surface area contributed by atoms with E-state index in [2.05, 4.69) is 25.7 Å². The SMILES string of the molecule is CCCCCCCCCCCCC(=O)N(CCCCCCCCCCCC)CCCCCCCCCCCC. The van der Waals surface area contributed by atoms with Crippen LogP contribution in [0.25, 0.3) is 0 Å². The summed E-state index contributed by atoms with van der Waals surface area (Å²) in [6.07, 6.45) is 41.5. The van der Waals surface area contributed by atoms with Gasteiger partial charge in [0, 0.05) is 19.5 Å². The molecule has 0 unspecified atom stereocenters. The molecule has 0 rings (SSSR count). The molecule has 0 atom stereocenters. The number of carbonyl (C=O) groups excluding carboxylic acids is 1. The lowest BCUT2D eigenvalue weighted by atomic mass is 10.0. The Labute approximate surface area is 248 Å². The lowest BCUT2D eigenvalue weighted by molar-refractivity contribution is -0.131. The zero-order chi connectivity index (χ0) is 28.5. The number of amides is 1. The van der Waals surface area contributed by atoms with Gasteiger partial charge in [-0.3, -0.25) is 4.79 Å². The number of unbranched alkanes of at least 4 members (excludes halogenated alkanes) is 27. The molecule has 0 heterocycles. The van der Waals surface area contributed by atoms with Gasteiger partial charge in [0.2, 0.25) is 5.91 Å². The van der Waals surface area contributed by atoms with E-state index in [0.717, 1.165) is 25.9 Å². The third-order valence-electron chi connectivity index (χ3n) is 8.66. The molecule has 0 bridgehead atoms. The Morgan fingerprint density at radius 2 is 0.564 bits per heavy atom. The van der Waals surface area contributed by atoms with Crippen LogP contribution < -0.4 is 0 Å². The molecular weight excluding hydrogens is 474 g/mol. The second kappa shape index (κ2) is 33.7. The fraction of sp³-hybridized carbons (Fsp3) is 0.973. The van der Waals surface area contributed by atoms with Gasteiger partial charge in [-0.2, -0.15) is 0 Å². The standard InChI is InChI=1S/C37H75NO/c1-4-7-10-13-16-19-22-25-28-31-34-37(39)38(35-32-29-26-23-20-17-14-11-8-5-2)36-33-30-27-24-21-18-15-12-9-6-3/h4-36H2,1-3H3. The van der Waals surface area contributed by atoms with E-state index >= 15 is 0 Å². The second-order valence-corrected chi connectivity index (χ2v) is 12.7. The van der Waals surface area contributed by atoms with Crippen LogP contribution in [0.5, 0.6) is 0 Å². The maximum atomic E-state index is 13.1. The zero-order valence-corrected chi connectivity index (χ0v) is 27.7. The van der Waals surface area contributed by atoms with Crippen molar-refractivity contribution in [3.63, 3.8) is 0 Å². The highest BCUT2D eigenvalue weighted by atomic mass is 16.2. The molecular formula is C37H75NO. The van der Waals surface area contributed by atoms with Crippen molar-refractivity contribution < 1.29 is 4.79 Å². The van der Waals surface area contributed by atoms with Crippen LogP contribution in [0.1, 0.15) is 220 Å². The lowest BCUT2D eigenvalue weighted by Gasteiger charge is -2.23. The topological polar surface area (TPSA) is 20.3 Å². The van der Waals surface area contributed by atoms with Gasteiger partial charge < -0.3 is 4.90 Å². The van der Waals surface area contributed by atoms with Crippen LogP contribution in [0.3, 0.4) is 0 Å². The van der Waals surface area contributed by atoms with Crippen molar-refractivity contribution in [1.82, 2.24) is 4.90 Å². The molecule has 0 aromatic rings. The van der Waals surface area contributed by atoms with Gasteiger partial charge in [0.25, 0.3) is 0 Å². The van der Waals surface area contributed by atoms with E-state index in [-0.39, 0.29) is 0 Å². The van der Waals surface area contributed by atoms with Gasteiger partial charge in [-0.25, -0.2) is 0 Å². The van der Waals surface area contributed by atoms with Crippen LogP contribution >= 0.6 is 0 Å². The molecule has 2 heteroatoms. The number of hydrogen-bond donors (Lipinski definition) is 0. The van der Waals surface area contributed by atoms with Crippen molar-refractivity contribution in [2.75, 3.05) is 13.1 Å². The molecule has 0 radical (unpaired) electrons. The summed E-state index contributed by atoms with van der Waals surface area (Å²) < 4.78 is 0. The number of carbonyl (C=O) groups is 1. The first-order valence-electron chi connectivity index (χ1n) is 18.5. The Kier molecular flexibility index (Phi) is 33.2. The molecule has 0 fully saturated rings. The summed E-state index contributed by atoms with van der Waals surface area (Å²) in [5.74, 6) is 0.446. The highest BCUT2D eigenvalue weighted by Gasteiger charge is 2.12. The molecule has 0 N–H and O–H groups in total. The first-order valence-corrected chi connectivity index (χ1v) is 18.5. The van der Waals surface area contributed by atoms with E-state index in [1.807, 2.05) is 0 Å². The minimum Gasteiger partial charge on any atom is -0.343 e. The summed E-state index contributed by atoms with van der Waals surface area (Å²) in [7, 11) is 0. The first kappa shape index (κ1) is 38.5. The minimum absolute atomic E-state index is 0.446. The van der Waals surface area contributed by atoms with E-state index in [1.165, 1.54) is 186 Å². The average molecular weight is 550 g/mol. The Hall–Kier alpha value is -0.530. The summed E-state index contributed by atoms with van der Waals surface area (Å²) in [5, 5.41) is 0. The maximum Gasteiger partial charge on any atom is 0.222 e. The van der Waals surface area contributed by atoms with Gasteiger partial charge in [0.05, 0.1) is 0 Å². The minimum atomic E-state index is 0.446. The van der Waals surface area contributed by atoms with Gasteiger partial charge in [-0.1, -0.05) is 194 Å². The Bertz CT molecular complexity index is 438. The van der Waals surface area contributed by atoms with Crippen LogP contribution in [0.2, 0.25) is 0 Å². The molecule has 0 saturated carbocycles. The predicted molar refractivity (Wildman–Crippen MR) is 177 cm³/mol. The maximum absolute atomic E-state index is 13.1. The largest absolute Gasteiger partial charge is 0.343 e.